The minimum absolute atomic E-state index is 0.0435. The van der Waals surface area contributed by atoms with Crippen LogP contribution in [0.2, 0.25) is 0 Å². The molecule has 0 saturated carbocycles. The maximum Gasteiger partial charge on any atom is 0.518 e. The molecule has 2 aliphatic rings. The highest BCUT2D eigenvalue weighted by molar-refractivity contribution is 7.90. The van der Waals surface area contributed by atoms with Gasteiger partial charge in [-0.2, -0.15) is 26.0 Å². The molecule has 0 unspecified atom stereocenters. The Labute approximate surface area is 186 Å². The van der Waals surface area contributed by atoms with Crippen molar-refractivity contribution in [1.82, 2.24) is 4.41 Å². The van der Waals surface area contributed by atoms with E-state index in [1.165, 1.54) is 0 Å². The maximum atomic E-state index is 13.0. The van der Waals surface area contributed by atoms with E-state index < -0.39 is 31.3 Å². The van der Waals surface area contributed by atoms with Crippen LogP contribution in [0.5, 0.6) is 0 Å². The number of hydrazine groups is 1. The highest BCUT2D eigenvalue weighted by atomic mass is 32.2. The number of amides is 1. The van der Waals surface area contributed by atoms with Gasteiger partial charge in [-0.05, 0) is 19.3 Å². The summed E-state index contributed by atoms with van der Waals surface area (Å²) < 4.78 is 83.7. The predicted octanol–water partition coefficient (Wildman–Crippen LogP) is 1.82. The minimum Gasteiger partial charge on any atom is -0.380 e. The van der Waals surface area contributed by atoms with Crippen LogP contribution in [0.15, 0.2) is 0 Å². The number of rotatable bonds is 13. The zero-order chi connectivity index (χ0) is 24.3. The van der Waals surface area contributed by atoms with Gasteiger partial charge in [0.2, 0.25) is 0 Å². The molecule has 1 amide bonds. The quantitative estimate of drug-likeness (QED) is 0.236. The van der Waals surface area contributed by atoms with Gasteiger partial charge < -0.3 is 18.9 Å². The van der Waals surface area contributed by atoms with Crippen LogP contribution in [0.25, 0.3) is 0 Å². The van der Waals surface area contributed by atoms with E-state index in [0.29, 0.717) is 26.4 Å². The lowest BCUT2D eigenvalue weighted by Gasteiger charge is -2.43. The van der Waals surface area contributed by atoms with E-state index in [1.54, 1.807) is 6.92 Å². The zero-order valence-electron chi connectivity index (χ0n) is 18.7. The summed E-state index contributed by atoms with van der Waals surface area (Å²) in [6, 6.07) is 0. The Bertz CT molecular complexity index is 713. The van der Waals surface area contributed by atoms with Crippen molar-refractivity contribution in [1.29, 1.82) is 0 Å². The number of ether oxygens (including phenoxy) is 4. The van der Waals surface area contributed by atoms with Crippen molar-refractivity contribution >= 4 is 15.9 Å². The first-order chi connectivity index (χ1) is 14.8. The number of nitrogens with zero attached hydrogens (tertiary/aromatic N) is 1. The topological polar surface area (TPSA) is 117 Å². The van der Waals surface area contributed by atoms with Gasteiger partial charge in [-0.3, -0.25) is 4.79 Å². The number of sulfonamides is 1. The highest BCUT2D eigenvalue weighted by Crippen LogP contribution is 2.36. The normalized spacial score (nSPS) is 20.3. The molecule has 2 rings (SSSR count). The van der Waals surface area contributed by atoms with E-state index >= 15 is 0 Å². The van der Waals surface area contributed by atoms with Gasteiger partial charge in [-0.25, -0.2) is 5.84 Å². The zero-order valence-corrected chi connectivity index (χ0v) is 19.5. The number of nitrogens with two attached hydrogens (primary N) is 1. The first-order valence-electron chi connectivity index (χ1n) is 10.5. The van der Waals surface area contributed by atoms with Crippen molar-refractivity contribution < 1.29 is 45.3 Å². The summed E-state index contributed by atoms with van der Waals surface area (Å²) in [7, 11) is -6.06. The second kappa shape index (κ2) is 10.1. The van der Waals surface area contributed by atoms with Crippen molar-refractivity contribution in [3.63, 3.8) is 0 Å². The third kappa shape index (κ3) is 5.39. The van der Waals surface area contributed by atoms with Crippen LogP contribution >= 0.6 is 0 Å². The Balaban J connectivity index is 2.19. The number of hydrogen-bond donors (Lipinski definition) is 1. The standard InChI is InChI=1S/C19H33F3N2O7S/c1-4-16(7-28-8-16)11-30-13-18(6-3,14-31-12-17(5-2)9-29-10-17)15(25)24(23)32(26,27)19(20,21)22/h4-14,23H2,1-3H3. The van der Waals surface area contributed by atoms with Crippen LogP contribution in [0, 0.1) is 16.2 Å². The molecule has 0 radical (unpaired) electrons. The van der Waals surface area contributed by atoms with E-state index in [1.807, 2.05) is 13.8 Å². The lowest BCUT2D eigenvalue weighted by Crippen LogP contribution is -2.57. The van der Waals surface area contributed by atoms with E-state index in [2.05, 4.69) is 0 Å². The van der Waals surface area contributed by atoms with Gasteiger partial charge in [0.15, 0.2) is 0 Å². The monoisotopic (exact) mass is 490 g/mol. The van der Waals surface area contributed by atoms with E-state index in [-0.39, 0.29) is 43.7 Å². The first kappa shape index (κ1) is 27.3. The predicted molar refractivity (Wildman–Crippen MR) is 107 cm³/mol. The summed E-state index contributed by atoms with van der Waals surface area (Å²) in [5.41, 5.74) is -7.91. The molecule has 0 bridgehead atoms. The summed E-state index contributed by atoms with van der Waals surface area (Å²) in [4.78, 5) is 13.0. The molecular formula is C19H33F3N2O7S. The SMILES string of the molecule is CCC1(COCC(CC)(COCC2(CC)COC2)C(=O)N(N)S(=O)(=O)C(F)(F)F)COC1. The van der Waals surface area contributed by atoms with Crippen molar-refractivity contribution in [2.75, 3.05) is 52.9 Å². The van der Waals surface area contributed by atoms with Crippen LogP contribution in [0.4, 0.5) is 13.2 Å². The van der Waals surface area contributed by atoms with Crippen molar-refractivity contribution in [3.8, 4) is 0 Å². The summed E-state index contributed by atoms with van der Waals surface area (Å²) in [6.07, 6.45) is 1.46. The number of alkyl halides is 3. The van der Waals surface area contributed by atoms with Crippen LogP contribution in [0.1, 0.15) is 40.0 Å². The average Bonchev–Trinajstić information content (AvgIpc) is 2.68. The summed E-state index contributed by atoms with van der Waals surface area (Å²) in [5.74, 6) is 3.78. The lowest BCUT2D eigenvalue weighted by molar-refractivity contribution is -0.178. The molecule has 32 heavy (non-hydrogen) atoms. The average molecular weight is 491 g/mol. The smallest absolute Gasteiger partial charge is 0.380 e. The summed E-state index contributed by atoms with van der Waals surface area (Å²) in [6.45, 7) is 7.06. The van der Waals surface area contributed by atoms with Gasteiger partial charge >= 0.3 is 15.5 Å². The van der Waals surface area contributed by atoms with Gasteiger partial charge in [0, 0.05) is 10.8 Å². The molecule has 188 valence electrons. The third-order valence-corrected chi connectivity index (χ3v) is 7.86. The highest BCUT2D eigenvalue weighted by Gasteiger charge is 2.55. The second-order valence-electron chi connectivity index (χ2n) is 8.86. The molecule has 0 spiro atoms. The molecule has 0 aromatic rings. The lowest BCUT2D eigenvalue weighted by atomic mass is 9.82. The molecule has 2 aliphatic heterocycles. The number of halogens is 3. The third-order valence-electron chi connectivity index (χ3n) is 6.59. The summed E-state index contributed by atoms with van der Waals surface area (Å²) in [5, 5.41) is 0. The Morgan fingerprint density at radius 3 is 1.62 bits per heavy atom. The Morgan fingerprint density at radius 1 is 0.969 bits per heavy atom. The van der Waals surface area contributed by atoms with Crippen molar-refractivity contribution in [2.45, 2.75) is 45.5 Å². The molecule has 0 atom stereocenters. The minimum atomic E-state index is -6.06. The second-order valence-corrected chi connectivity index (χ2v) is 10.7. The molecule has 0 aromatic carbocycles. The largest absolute Gasteiger partial charge is 0.518 e. The van der Waals surface area contributed by atoms with Gasteiger partial charge in [0.25, 0.3) is 5.91 Å². The molecule has 2 N–H and O–H groups in total. The van der Waals surface area contributed by atoms with Gasteiger partial charge in [-0.15, -0.1) is 0 Å². The van der Waals surface area contributed by atoms with Gasteiger partial charge in [-0.1, -0.05) is 20.8 Å². The molecular weight excluding hydrogens is 457 g/mol. The molecule has 13 heteroatoms. The van der Waals surface area contributed by atoms with Gasteiger partial charge in [0.05, 0.1) is 58.3 Å². The molecule has 9 nitrogen and oxygen atoms in total. The van der Waals surface area contributed by atoms with E-state index in [4.69, 9.17) is 24.8 Å². The fourth-order valence-corrected chi connectivity index (χ4v) is 4.10. The first-order valence-corrected chi connectivity index (χ1v) is 12.0. The molecule has 2 fully saturated rings. The molecule has 0 aliphatic carbocycles. The van der Waals surface area contributed by atoms with Crippen LogP contribution in [-0.4, -0.2) is 77.1 Å². The number of hydrogen-bond acceptors (Lipinski definition) is 8. The van der Waals surface area contributed by atoms with E-state index in [0.717, 1.165) is 12.8 Å². The molecule has 2 heterocycles. The van der Waals surface area contributed by atoms with Crippen molar-refractivity contribution in [2.24, 2.45) is 22.1 Å². The number of carbonyl (C=O) groups excluding carboxylic acids is 1. The van der Waals surface area contributed by atoms with E-state index in [9.17, 15) is 26.4 Å². The summed E-state index contributed by atoms with van der Waals surface area (Å²) >= 11 is 0. The fraction of sp³-hybridized carbons (Fsp3) is 0.947. The number of carbonyl (C=O) groups is 1. The Morgan fingerprint density at radius 2 is 1.38 bits per heavy atom. The molecule has 0 aromatic heterocycles. The Kier molecular flexibility index (Phi) is 8.60. The van der Waals surface area contributed by atoms with Crippen molar-refractivity contribution in [3.05, 3.63) is 0 Å². The van der Waals surface area contributed by atoms with Crippen LogP contribution in [0.3, 0.4) is 0 Å². The Hall–Kier alpha value is -0.990. The van der Waals surface area contributed by atoms with Crippen LogP contribution in [-0.2, 0) is 33.8 Å². The molecule has 2 saturated heterocycles. The fourth-order valence-electron chi connectivity index (χ4n) is 3.46. The van der Waals surface area contributed by atoms with Gasteiger partial charge in [0.1, 0.15) is 0 Å². The maximum absolute atomic E-state index is 13.0. The van der Waals surface area contributed by atoms with Crippen LogP contribution < -0.4 is 5.84 Å².